The Labute approximate surface area is 178 Å². The highest BCUT2D eigenvalue weighted by atomic mass is 32.2. The van der Waals surface area contributed by atoms with Crippen molar-refractivity contribution in [3.8, 4) is 0 Å². The molecule has 0 saturated carbocycles. The predicted octanol–water partition coefficient (Wildman–Crippen LogP) is 4.62. The van der Waals surface area contributed by atoms with Gasteiger partial charge in [-0.05, 0) is 68.3 Å². The van der Waals surface area contributed by atoms with E-state index < -0.39 is 10.0 Å². The third-order valence-corrected chi connectivity index (χ3v) is 6.97. The first-order valence-electron chi connectivity index (χ1n) is 9.72. The molecule has 0 saturated heterocycles. The fourth-order valence-corrected chi connectivity index (χ4v) is 4.46. The molecule has 0 unspecified atom stereocenters. The fraction of sp³-hybridized carbons (Fsp3) is 0.208. The normalized spacial score (nSPS) is 12.3. The number of hydrogen-bond acceptors (Lipinski definition) is 3. The van der Waals surface area contributed by atoms with Crippen LogP contribution in [0.25, 0.3) is 0 Å². The molecule has 156 valence electrons. The average molecular weight is 423 g/mol. The van der Waals surface area contributed by atoms with Crippen molar-refractivity contribution in [2.75, 3.05) is 11.4 Å². The van der Waals surface area contributed by atoms with Crippen LogP contribution in [0.4, 0.5) is 5.69 Å². The van der Waals surface area contributed by atoms with Gasteiger partial charge in [0.2, 0.25) is 0 Å². The Kier molecular flexibility index (Phi) is 6.27. The van der Waals surface area contributed by atoms with Crippen molar-refractivity contribution in [1.82, 2.24) is 5.32 Å². The van der Waals surface area contributed by atoms with Crippen LogP contribution in [0.3, 0.4) is 0 Å². The Hall–Kier alpha value is -3.12. The lowest BCUT2D eigenvalue weighted by molar-refractivity contribution is 0.0940. The molecule has 1 atom stereocenters. The summed E-state index contributed by atoms with van der Waals surface area (Å²) < 4.78 is 26.9. The SMILES string of the molecule is Cc1ccc(S(=O)(=O)N(C)c2ccc(C(=O)N[C@H](C)c3ccccc3C)cc2)cc1. The zero-order chi connectivity index (χ0) is 21.9. The van der Waals surface area contributed by atoms with Crippen LogP contribution >= 0.6 is 0 Å². The van der Waals surface area contributed by atoms with Crippen molar-refractivity contribution in [3.63, 3.8) is 0 Å². The molecular weight excluding hydrogens is 396 g/mol. The molecular formula is C24H26N2O3S. The van der Waals surface area contributed by atoms with E-state index in [-0.39, 0.29) is 16.8 Å². The van der Waals surface area contributed by atoms with Crippen LogP contribution in [-0.4, -0.2) is 21.4 Å². The maximum absolute atomic E-state index is 12.8. The summed E-state index contributed by atoms with van der Waals surface area (Å²) in [5.41, 5.74) is 4.13. The Bertz CT molecular complexity index is 1140. The first-order chi connectivity index (χ1) is 14.2. The van der Waals surface area contributed by atoms with Crippen LogP contribution in [0.1, 0.15) is 40.0 Å². The molecule has 0 aliphatic heterocycles. The van der Waals surface area contributed by atoms with Crippen LogP contribution in [0, 0.1) is 13.8 Å². The second-order valence-corrected chi connectivity index (χ2v) is 9.35. The Balaban J connectivity index is 1.74. The number of anilines is 1. The quantitative estimate of drug-likeness (QED) is 0.630. The highest BCUT2D eigenvalue weighted by molar-refractivity contribution is 7.92. The number of aryl methyl sites for hydroxylation is 2. The third-order valence-electron chi connectivity index (χ3n) is 5.18. The van der Waals surface area contributed by atoms with E-state index in [4.69, 9.17) is 0 Å². The van der Waals surface area contributed by atoms with Gasteiger partial charge in [-0.25, -0.2) is 8.42 Å². The third kappa shape index (κ3) is 4.54. The standard InChI is InChI=1S/C24H26N2O3S/c1-17-9-15-22(16-10-17)30(28,29)26(4)21-13-11-20(12-14-21)24(27)25-19(3)23-8-6-5-7-18(23)2/h5-16,19H,1-4H3,(H,25,27)/t19-/m1/s1. The summed E-state index contributed by atoms with van der Waals surface area (Å²) in [7, 11) is -2.16. The van der Waals surface area contributed by atoms with Gasteiger partial charge < -0.3 is 5.32 Å². The minimum atomic E-state index is -3.67. The molecule has 0 fully saturated rings. The molecule has 1 N–H and O–H groups in total. The second-order valence-electron chi connectivity index (χ2n) is 7.38. The molecule has 0 bridgehead atoms. The number of carbonyl (C=O) groups excluding carboxylic acids is 1. The van der Waals surface area contributed by atoms with Gasteiger partial charge in [0.15, 0.2) is 0 Å². The molecule has 6 heteroatoms. The Morgan fingerprint density at radius 1 is 0.900 bits per heavy atom. The van der Waals surface area contributed by atoms with Gasteiger partial charge in [0.05, 0.1) is 16.6 Å². The molecule has 5 nitrogen and oxygen atoms in total. The van der Waals surface area contributed by atoms with Gasteiger partial charge in [0.1, 0.15) is 0 Å². The van der Waals surface area contributed by atoms with Crippen molar-refractivity contribution in [1.29, 1.82) is 0 Å². The van der Waals surface area contributed by atoms with Gasteiger partial charge in [-0.2, -0.15) is 0 Å². The molecule has 3 aromatic carbocycles. The lowest BCUT2D eigenvalue weighted by atomic mass is 10.0. The summed E-state index contributed by atoms with van der Waals surface area (Å²) in [6, 6.07) is 21.1. The van der Waals surface area contributed by atoms with Gasteiger partial charge in [0.25, 0.3) is 15.9 Å². The maximum Gasteiger partial charge on any atom is 0.264 e. The summed E-state index contributed by atoms with van der Waals surface area (Å²) in [6.45, 7) is 5.86. The fourth-order valence-electron chi connectivity index (χ4n) is 3.26. The summed E-state index contributed by atoms with van der Waals surface area (Å²) in [4.78, 5) is 12.9. The van der Waals surface area contributed by atoms with Gasteiger partial charge in [-0.1, -0.05) is 42.0 Å². The van der Waals surface area contributed by atoms with E-state index >= 15 is 0 Å². The first kappa shape index (κ1) is 21.6. The van der Waals surface area contributed by atoms with Gasteiger partial charge in [-0.15, -0.1) is 0 Å². The molecule has 0 aromatic heterocycles. The number of nitrogens with one attached hydrogen (secondary N) is 1. The van der Waals surface area contributed by atoms with Crippen molar-refractivity contribution in [2.45, 2.75) is 31.7 Å². The summed E-state index contributed by atoms with van der Waals surface area (Å²) >= 11 is 0. The minimum Gasteiger partial charge on any atom is -0.346 e. The molecule has 0 aliphatic carbocycles. The molecule has 3 aromatic rings. The van der Waals surface area contributed by atoms with Crippen molar-refractivity contribution in [2.24, 2.45) is 0 Å². The smallest absolute Gasteiger partial charge is 0.264 e. The van der Waals surface area contributed by atoms with E-state index in [9.17, 15) is 13.2 Å². The lowest BCUT2D eigenvalue weighted by Crippen LogP contribution is -2.28. The lowest BCUT2D eigenvalue weighted by Gasteiger charge is -2.20. The Morgan fingerprint density at radius 3 is 2.10 bits per heavy atom. The number of benzene rings is 3. The number of sulfonamides is 1. The van der Waals surface area contributed by atoms with Crippen molar-refractivity contribution >= 4 is 21.6 Å². The van der Waals surface area contributed by atoms with Gasteiger partial charge >= 0.3 is 0 Å². The molecule has 0 aliphatic rings. The van der Waals surface area contributed by atoms with E-state index in [0.717, 1.165) is 16.7 Å². The highest BCUT2D eigenvalue weighted by Crippen LogP contribution is 2.23. The van der Waals surface area contributed by atoms with Crippen LogP contribution in [-0.2, 0) is 10.0 Å². The zero-order valence-electron chi connectivity index (χ0n) is 17.6. The van der Waals surface area contributed by atoms with Crippen molar-refractivity contribution < 1.29 is 13.2 Å². The maximum atomic E-state index is 12.8. The average Bonchev–Trinajstić information content (AvgIpc) is 2.73. The topological polar surface area (TPSA) is 66.5 Å². The van der Waals surface area contributed by atoms with Crippen LogP contribution in [0.15, 0.2) is 77.7 Å². The van der Waals surface area contributed by atoms with Crippen molar-refractivity contribution in [3.05, 3.63) is 95.1 Å². The summed E-state index contributed by atoms with van der Waals surface area (Å²) in [5, 5.41) is 2.99. The number of rotatable bonds is 6. The second kappa shape index (κ2) is 8.71. The number of nitrogens with zero attached hydrogens (tertiary/aromatic N) is 1. The van der Waals surface area contributed by atoms with E-state index in [0.29, 0.717) is 11.3 Å². The van der Waals surface area contributed by atoms with Crippen LogP contribution < -0.4 is 9.62 Å². The van der Waals surface area contributed by atoms with Gasteiger partial charge in [-0.3, -0.25) is 9.10 Å². The minimum absolute atomic E-state index is 0.136. The number of carbonyl (C=O) groups is 1. The molecule has 0 radical (unpaired) electrons. The van der Waals surface area contributed by atoms with E-state index in [1.807, 2.05) is 45.0 Å². The van der Waals surface area contributed by atoms with E-state index in [2.05, 4.69) is 5.32 Å². The van der Waals surface area contributed by atoms with E-state index in [1.54, 1.807) is 48.5 Å². The predicted molar refractivity (Wildman–Crippen MR) is 120 cm³/mol. The first-order valence-corrected chi connectivity index (χ1v) is 11.2. The summed E-state index contributed by atoms with van der Waals surface area (Å²) in [5.74, 6) is -0.207. The number of amides is 1. The monoisotopic (exact) mass is 422 g/mol. The molecule has 3 rings (SSSR count). The van der Waals surface area contributed by atoms with Crippen LogP contribution in [0.5, 0.6) is 0 Å². The largest absolute Gasteiger partial charge is 0.346 e. The zero-order valence-corrected chi connectivity index (χ0v) is 18.4. The Morgan fingerprint density at radius 2 is 1.50 bits per heavy atom. The highest BCUT2D eigenvalue weighted by Gasteiger charge is 2.21. The molecule has 30 heavy (non-hydrogen) atoms. The van der Waals surface area contributed by atoms with Crippen LogP contribution in [0.2, 0.25) is 0 Å². The molecule has 0 spiro atoms. The summed E-state index contributed by atoms with van der Waals surface area (Å²) in [6.07, 6.45) is 0. The van der Waals surface area contributed by atoms with E-state index in [1.165, 1.54) is 11.4 Å². The molecule has 1 amide bonds. The molecule has 0 heterocycles. The number of hydrogen-bond donors (Lipinski definition) is 1. The van der Waals surface area contributed by atoms with Gasteiger partial charge in [0, 0.05) is 12.6 Å².